The minimum atomic E-state index is -0.476. The lowest BCUT2D eigenvalue weighted by molar-refractivity contribution is -0.120. The fourth-order valence-corrected chi connectivity index (χ4v) is 5.78. The third-order valence-electron chi connectivity index (χ3n) is 8.51. The van der Waals surface area contributed by atoms with Crippen molar-refractivity contribution in [2.24, 2.45) is 11.8 Å². The number of aliphatic hydroxyl groups is 1. The van der Waals surface area contributed by atoms with Crippen molar-refractivity contribution in [3.63, 3.8) is 0 Å². The Balaban J connectivity index is 1.91. The molecule has 0 unspecified atom stereocenters. The zero-order valence-corrected chi connectivity index (χ0v) is 27.1. The number of aliphatic hydroxyl groups excluding tert-OH is 1. The van der Waals surface area contributed by atoms with Gasteiger partial charge in [0.2, 0.25) is 5.91 Å². The Labute approximate surface area is 257 Å². The Morgan fingerprint density at radius 3 is 2.44 bits per heavy atom. The van der Waals surface area contributed by atoms with Gasteiger partial charge in [-0.05, 0) is 78.0 Å². The molecule has 2 aliphatic rings. The highest BCUT2D eigenvalue weighted by Gasteiger charge is 2.31. The van der Waals surface area contributed by atoms with Crippen molar-refractivity contribution in [1.82, 2.24) is 15.1 Å². The number of carbonyl (C=O) groups excluding carboxylic acids is 3. The van der Waals surface area contributed by atoms with E-state index in [1.54, 1.807) is 35.0 Å². The minimum Gasteiger partial charge on any atom is -0.490 e. The molecule has 1 aromatic carbocycles. The van der Waals surface area contributed by atoms with Gasteiger partial charge < -0.3 is 35.0 Å². The number of anilines is 1. The summed E-state index contributed by atoms with van der Waals surface area (Å²) in [5.74, 6) is 0.00518. The van der Waals surface area contributed by atoms with E-state index in [2.05, 4.69) is 10.6 Å². The van der Waals surface area contributed by atoms with E-state index in [4.69, 9.17) is 9.47 Å². The average Bonchev–Trinajstić information content (AvgIpc) is 2.98. The Hall–Kier alpha value is -2.85. The second-order valence-electron chi connectivity index (χ2n) is 12.8. The van der Waals surface area contributed by atoms with Gasteiger partial charge in [0.25, 0.3) is 5.91 Å². The fourth-order valence-electron chi connectivity index (χ4n) is 5.78. The number of amides is 4. The van der Waals surface area contributed by atoms with Crippen molar-refractivity contribution < 1.29 is 29.0 Å². The number of nitrogens with zero attached hydrogens (tertiary/aromatic N) is 2. The van der Waals surface area contributed by atoms with Crippen LogP contribution in [-0.4, -0.2) is 90.4 Å². The van der Waals surface area contributed by atoms with E-state index in [0.29, 0.717) is 36.7 Å². The van der Waals surface area contributed by atoms with Gasteiger partial charge in [0, 0.05) is 50.3 Å². The molecule has 0 radical (unpaired) electrons. The predicted molar refractivity (Wildman–Crippen MR) is 168 cm³/mol. The summed E-state index contributed by atoms with van der Waals surface area (Å²) in [7, 11) is 1.75. The van der Waals surface area contributed by atoms with Gasteiger partial charge in [0.05, 0.1) is 30.4 Å². The molecule has 10 heteroatoms. The zero-order chi connectivity index (χ0) is 31.5. The first-order valence-electron chi connectivity index (χ1n) is 16.2. The van der Waals surface area contributed by atoms with Crippen molar-refractivity contribution in [2.45, 2.75) is 110 Å². The van der Waals surface area contributed by atoms with Crippen LogP contribution in [0.15, 0.2) is 18.2 Å². The molecular formula is C33H54N4O6. The molecular weight excluding hydrogens is 548 g/mol. The molecule has 0 aromatic heterocycles. The van der Waals surface area contributed by atoms with Crippen molar-refractivity contribution in [3.05, 3.63) is 23.8 Å². The van der Waals surface area contributed by atoms with E-state index in [9.17, 15) is 19.5 Å². The lowest BCUT2D eigenvalue weighted by Gasteiger charge is -2.36. The summed E-state index contributed by atoms with van der Waals surface area (Å²) in [5.41, 5.74) is 0.910. The number of hydrogen-bond acceptors (Lipinski definition) is 6. The van der Waals surface area contributed by atoms with Gasteiger partial charge in [-0.3, -0.25) is 9.59 Å². The maximum absolute atomic E-state index is 14.3. The highest BCUT2D eigenvalue weighted by Crippen LogP contribution is 2.30. The molecule has 0 bridgehead atoms. The summed E-state index contributed by atoms with van der Waals surface area (Å²) in [6.45, 7) is 10.6. The standard InChI is InChI=1S/C33H54N4O6/c1-22(2)34-33(41)36(6)20-30-23(3)19-37(24(4)21-38)32(40)28-18-27(35-31(39)26-13-8-7-9-14-26)15-16-29(28)43-25(5)12-10-11-17-42-30/h15-16,18,22-26,30,38H,7-14,17,19-21H2,1-6H3,(H,34,41)(H,35,39)/t23-,24+,25-,30-/m0/s1. The topological polar surface area (TPSA) is 120 Å². The number of carbonyl (C=O) groups is 3. The molecule has 4 atom stereocenters. The third kappa shape index (κ3) is 10.4. The average molecular weight is 603 g/mol. The molecule has 1 saturated carbocycles. The molecule has 3 rings (SSSR count). The maximum Gasteiger partial charge on any atom is 0.317 e. The first-order chi connectivity index (χ1) is 20.5. The Kier molecular flexibility index (Phi) is 13.6. The summed E-state index contributed by atoms with van der Waals surface area (Å²) in [6.07, 6.45) is 7.10. The lowest BCUT2D eigenvalue weighted by Crippen LogP contribution is -2.49. The van der Waals surface area contributed by atoms with E-state index < -0.39 is 6.04 Å². The number of fused-ring (bicyclic) bond motifs is 1. The van der Waals surface area contributed by atoms with Gasteiger partial charge in [-0.15, -0.1) is 0 Å². The maximum atomic E-state index is 14.3. The van der Waals surface area contributed by atoms with E-state index in [-0.39, 0.29) is 54.5 Å². The van der Waals surface area contributed by atoms with E-state index >= 15 is 0 Å². The molecule has 4 amide bonds. The monoisotopic (exact) mass is 602 g/mol. The molecule has 0 spiro atoms. The van der Waals surface area contributed by atoms with E-state index in [0.717, 1.165) is 51.4 Å². The van der Waals surface area contributed by atoms with E-state index in [1.165, 1.54) is 0 Å². The third-order valence-corrected chi connectivity index (χ3v) is 8.51. The minimum absolute atomic E-state index is 0.0115. The summed E-state index contributed by atoms with van der Waals surface area (Å²) in [4.78, 5) is 43.2. The van der Waals surface area contributed by atoms with Crippen LogP contribution in [0.4, 0.5) is 10.5 Å². The predicted octanol–water partition coefficient (Wildman–Crippen LogP) is 5.05. The summed E-state index contributed by atoms with van der Waals surface area (Å²) >= 11 is 0. The van der Waals surface area contributed by atoms with Crippen molar-refractivity contribution >= 4 is 23.5 Å². The molecule has 1 aliphatic carbocycles. The fraction of sp³-hybridized carbons (Fsp3) is 0.727. The second kappa shape index (κ2) is 16.9. The largest absolute Gasteiger partial charge is 0.490 e. The summed E-state index contributed by atoms with van der Waals surface area (Å²) < 4.78 is 12.6. The first kappa shape index (κ1) is 34.6. The summed E-state index contributed by atoms with van der Waals surface area (Å²) in [6, 6.07) is 4.63. The molecule has 3 N–H and O–H groups in total. The van der Waals surface area contributed by atoms with Gasteiger partial charge in [0.1, 0.15) is 5.75 Å². The number of urea groups is 1. The van der Waals surface area contributed by atoms with Crippen molar-refractivity contribution in [3.8, 4) is 5.75 Å². The van der Waals surface area contributed by atoms with Crippen LogP contribution in [0.5, 0.6) is 5.75 Å². The van der Waals surface area contributed by atoms with Gasteiger partial charge in [-0.1, -0.05) is 26.2 Å². The molecule has 43 heavy (non-hydrogen) atoms. The number of likely N-dealkylation sites (N-methyl/N-ethyl adjacent to an activating group) is 1. The van der Waals surface area contributed by atoms with Crippen LogP contribution in [-0.2, 0) is 9.53 Å². The van der Waals surface area contributed by atoms with Gasteiger partial charge >= 0.3 is 6.03 Å². The molecule has 10 nitrogen and oxygen atoms in total. The number of nitrogens with one attached hydrogen (secondary N) is 2. The molecule has 1 aromatic rings. The molecule has 0 saturated heterocycles. The van der Waals surface area contributed by atoms with Gasteiger partial charge in [-0.2, -0.15) is 0 Å². The Morgan fingerprint density at radius 2 is 1.77 bits per heavy atom. The van der Waals surface area contributed by atoms with Crippen LogP contribution < -0.4 is 15.4 Å². The van der Waals surface area contributed by atoms with Crippen LogP contribution in [0, 0.1) is 11.8 Å². The Morgan fingerprint density at radius 1 is 1.07 bits per heavy atom. The van der Waals surface area contributed by atoms with Crippen LogP contribution in [0.2, 0.25) is 0 Å². The summed E-state index contributed by atoms with van der Waals surface area (Å²) in [5, 5.41) is 16.1. The number of ether oxygens (including phenoxy) is 2. The van der Waals surface area contributed by atoms with E-state index in [1.807, 2.05) is 34.6 Å². The normalized spacial score (nSPS) is 23.5. The van der Waals surface area contributed by atoms with Crippen LogP contribution in [0.25, 0.3) is 0 Å². The number of benzene rings is 1. The quantitative estimate of drug-likeness (QED) is 0.402. The van der Waals surface area contributed by atoms with Crippen LogP contribution in [0.1, 0.15) is 96.3 Å². The van der Waals surface area contributed by atoms with Crippen LogP contribution >= 0.6 is 0 Å². The smallest absolute Gasteiger partial charge is 0.317 e. The zero-order valence-electron chi connectivity index (χ0n) is 27.1. The van der Waals surface area contributed by atoms with Crippen LogP contribution in [0.3, 0.4) is 0 Å². The van der Waals surface area contributed by atoms with Gasteiger partial charge in [-0.25, -0.2) is 4.79 Å². The SMILES string of the molecule is CC(C)NC(=O)N(C)C[C@@H]1OCCCC[C@H](C)Oc2ccc(NC(=O)C3CCCCC3)cc2C(=O)N([C@H](C)CO)C[C@@H]1C. The molecule has 1 heterocycles. The first-order valence-corrected chi connectivity index (χ1v) is 16.2. The Bertz CT molecular complexity index is 1060. The van der Waals surface area contributed by atoms with Crippen molar-refractivity contribution in [2.75, 3.05) is 38.7 Å². The highest BCUT2D eigenvalue weighted by atomic mass is 16.5. The molecule has 1 aliphatic heterocycles. The lowest BCUT2D eigenvalue weighted by atomic mass is 9.88. The van der Waals surface area contributed by atoms with Crippen molar-refractivity contribution in [1.29, 1.82) is 0 Å². The second-order valence-corrected chi connectivity index (χ2v) is 12.8. The number of hydrogen-bond donors (Lipinski definition) is 3. The molecule has 1 fully saturated rings. The highest BCUT2D eigenvalue weighted by molar-refractivity contribution is 6.00. The molecule has 242 valence electrons. The number of rotatable bonds is 7. The van der Waals surface area contributed by atoms with Gasteiger partial charge in [0.15, 0.2) is 0 Å².